The summed E-state index contributed by atoms with van der Waals surface area (Å²) in [5, 5.41) is 21.5. The quantitative estimate of drug-likeness (QED) is 0.754. The minimum Gasteiger partial charge on any atom is -0.508 e. The van der Waals surface area contributed by atoms with E-state index >= 15 is 0 Å². The number of phenols is 1. The minimum atomic E-state index is -0.409. The van der Waals surface area contributed by atoms with E-state index in [2.05, 4.69) is 5.32 Å². The summed E-state index contributed by atoms with van der Waals surface area (Å²) in [6, 6.07) is 6.60. The van der Waals surface area contributed by atoms with E-state index in [0.717, 1.165) is 31.2 Å². The lowest BCUT2D eigenvalue weighted by Gasteiger charge is -2.28. The molecule has 1 aliphatic rings. The number of hydrogen-bond donors (Lipinski definition) is 3. The van der Waals surface area contributed by atoms with Crippen LogP contribution in [0, 0.1) is 0 Å². The van der Waals surface area contributed by atoms with Crippen LogP contribution < -0.4 is 5.32 Å². The lowest BCUT2D eigenvalue weighted by molar-refractivity contribution is -0.122. The number of amides is 1. The van der Waals surface area contributed by atoms with Crippen molar-refractivity contribution in [3.05, 3.63) is 29.8 Å². The Kier molecular flexibility index (Phi) is 3.87. The number of rotatable bonds is 4. The third kappa shape index (κ3) is 3.01. The molecule has 1 aromatic rings. The number of aromatic hydroxyl groups is 1. The highest BCUT2D eigenvalue weighted by atomic mass is 16.3. The maximum Gasteiger partial charge on any atom is 0.224 e. The summed E-state index contributed by atoms with van der Waals surface area (Å²) in [6.45, 7) is 0.00825. The van der Waals surface area contributed by atoms with E-state index in [-0.39, 0.29) is 24.7 Å². The molecule has 0 heterocycles. The fourth-order valence-electron chi connectivity index (χ4n) is 2.51. The number of carbonyl (C=O) groups is 1. The zero-order valence-electron chi connectivity index (χ0n) is 10.4. The van der Waals surface area contributed by atoms with Crippen LogP contribution in [0.15, 0.2) is 24.3 Å². The summed E-state index contributed by atoms with van der Waals surface area (Å²) in [5.74, 6) is 0.124. The van der Waals surface area contributed by atoms with Gasteiger partial charge in [-0.05, 0) is 30.5 Å². The molecule has 4 nitrogen and oxygen atoms in total. The van der Waals surface area contributed by atoms with Crippen LogP contribution in [0.2, 0.25) is 0 Å². The van der Waals surface area contributed by atoms with Gasteiger partial charge in [-0.2, -0.15) is 0 Å². The number of benzene rings is 1. The van der Waals surface area contributed by atoms with Gasteiger partial charge in [0, 0.05) is 0 Å². The molecule has 1 saturated carbocycles. The molecule has 0 atom stereocenters. The zero-order valence-corrected chi connectivity index (χ0v) is 10.4. The van der Waals surface area contributed by atoms with E-state index in [1.807, 2.05) is 0 Å². The first-order chi connectivity index (χ1) is 8.63. The van der Waals surface area contributed by atoms with E-state index in [9.17, 15) is 9.90 Å². The Morgan fingerprint density at radius 3 is 2.39 bits per heavy atom. The highest BCUT2D eigenvalue weighted by molar-refractivity contribution is 5.79. The molecule has 0 unspecified atom stereocenters. The SMILES string of the molecule is O=C(Cc1ccc(O)cc1)NC1(CO)CCCC1. The predicted molar refractivity (Wildman–Crippen MR) is 68.2 cm³/mol. The molecule has 98 valence electrons. The molecule has 18 heavy (non-hydrogen) atoms. The molecule has 2 rings (SSSR count). The van der Waals surface area contributed by atoms with Crippen molar-refractivity contribution in [1.82, 2.24) is 5.32 Å². The minimum absolute atomic E-state index is 0.00825. The number of aliphatic hydroxyl groups excluding tert-OH is 1. The van der Waals surface area contributed by atoms with Crippen molar-refractivity contribution < 1.29 is 15.0 Å². The van der Waals surface area contributed by atoms with Crippen LogP contribution in [0.25, 0.3) is 0 Å². The molecule has 0 aromatic heterocycles. The maximum atomic E-state index is 11.9. The second-order valence-electron chi connectivity index (χ2n) is 5.04. The van der Waals surface area contributed by atoms with Crippen LogP contribution >= 0.6 is 0 Å². The molecule has 3 N–H and O–H groups in total. The third-order valence-electron chi connectivity index (χ3n) is 3.57. The average molecular weight is 249 g/mol. The van der Waals surface area contributed by atoms with Gasteiger partial charge in [-0.25, -0.2) is 0 Å². The van der Waals surface area contributed by atoms with Crippen molar-refractivity contribution in [2.75, 3.05) is 6.61 Å². The molecule has 1 fully saturated rings. The van der Waals surface area contributed by atoms with E-state index in [4.69, 9.17) is 5.11 Å². The van der Waals surface area contributed by atoms with Crippen molar-refractivity contribution in [3.63, 3.8) is 0 Å². The van der Waals surface area contributed by atoms with Crippen LogP contribution in [0.4, 0.5) is 0 Å². The van der Waals surface area contributed by atoms with Crippen molar-refractivity contribution in [2.45, 2.75) is 37.6 Å². The van der Waals surface area contributed by atoms with Crippen molar-refractivity contribution in [2.24, 2.45) is 0 Å². The van der Waals surface area contributed by atoms with E-state index < -0.39 is 5.54 Å². The Bertz CT molecular complexity index is 408. The first-order valence-corrected chi connectivity index (χ1v) is 6.33. The molecule has 0 saturated heterocycles. The number of carbonyl (C=O) groups excluding carboxylic acids is 1. The van der Waals surface area contributed by atoms with Gasteiger partial charge in [0.05, 0.1) is 18.6 Å². The lowest BCUT2D eigenvalue weighted by atomic mass is 9.98. The van der Waals surface area contributed by atoms with Crippen LogP contribution in [-0.4, -0.2) is 28.3 Å². The van der Waals surface area contributed by atoms with Crippen LogP contribution in [0.1, 0.15) is 31.2 Å². The van der Waals surface area contributed by atoms with Gasteiger partial charge in [0.1, 0.15) is 5.75 Å². The Morgan fingerprint density at radius 1 is 1.22 bits per heavy atom. The van der Waals surface area contributed by atoms with Crippen LogP contribution in [0.3, 0.4) is 0 Å². The van der Waals surface area contributed by atoms with Crippen LogP contribution in [-0.2, 0) is 11.2 Å². The standard InChI is InChI=1S/C14H19NO3/c16-10-14(7-1-2-8-14)15-13(18)9-11-3-5-12(17)6-4-11/h3-6,16-17H,1-2,7-10H2,(H,15,18). The summed E-state index contributed by atoms with van der Waals surface area (Å²) in [7, 11) is 0. The second-order valence-corrected chi connectivity index (χ2v) is 5.04. The highest BCUT2D eigenvalue weighted by Gasteiger charge is 2.34. The Balaban J connectivity index is 1.94. The molecule has 0 radical (unpaired) electrons. The van der Waals surface area contributed by atoms with Crippen molar-refractivity contribution in [3.8, 4) is 5.75 Å². The second kappa shape index (κ2) is 5.40. The molecule has 1 amide bonds. The van der Waals surface area contributed by atoms with Gasteiger partial charge in [0.2, 0.25) is 5.91 Å². The Morgan fingerprint density at radius 2 is 1.83 bits per heavy atom. The summed E-state index contributed by atoms with van der Waals surface area (Å²) in [5.41, 5.74) is 0.449. The number of aliphatic hydroxyl groups is 1. The normalized spacial score (nSPS) is 17.6. The zero-order chi connectivity index (χ0) is 13.0. The monoisotopic (exact) mass is 249 g/mol. The molecule has 1 aliphatic carbocycles. The molecule has 4 heteroatoms. The third-order valence-corrected chi connectivity index (χ3v) is 3.57. The van der Waals surface area contributed by atoms with Gasteiger partial charge in [-0.3, -0.25) is 4.79 Å². The maximum absolute atomic E-state index is 11.9. The van der Waals surface area contributed by atoms with Gasteiger partial charge in [-0.15, -0.1) is 0 Å². The summed E-state index contributed by atoms with van der Waals surface area (Å²) in [4.78, 5) is 11.9. The fraction of sp³-hybridized carbons (Fsp3) is 0.500. The molecule has 0 bridgehead atoms. The smallest absolute Gasteiger partial charge is 0.224 e. The topological polar surface area (TPSA) is 69.6 Å². The Hall–Kier alpha value is -1.55. The van der Waals surface area contributed by atoms with Gasteiger partial charge in [0.25, 0.3) is 0 Å². The fourth-order valence-corrected chi connectivity index (χ4v) is 2.51. The summed E-state index contributed by atoms with van der Waals surface area (Å²) < 4.78 is 0. The first kappa shape index (κ1) is 12.9. The van der Waals surface area contributed by atoms with Gasteiger partial charge in [-0.1, -0.05) is 25.0 Å². The predicted octanol–water partition coefficient (Wildman–Crippen LogP) is 1.36. The van der Waals surface area contributed by atoms with Gasteiger partial charge in [0.15, 0.2) is 0 Å². The lowest BCUT2D eigenvalue weighted by Crippen LogP contribution is -2.49. The van der Waals surface area contributed by atoms with E-state index in [0.29, 0.717) is 0 Å². The summed E-state index contributed by atoms with van der Waals surface area (Å²) >= 11 is 0. The molecule has 1 aromatic carbocycles. The number of nitrogens with one attached hydrogen (secondary N) is 1. The van der Waals surface area contributed by atoms with Crippen molar-refractivity contribution in [1.29, 1.82) is 0 Å². The molecule has 0 aliphatic heterocycles. The van der Waals surface area contributed by atoms with Gasteiger partial charge < -0.3 is 15.5 Å². The van der Waals surface area contributed by atoms with E-state index in [1.54, 1.807) is 24.3 Å². The Labute approximate surface area is 107 Å². The molecular formula is C14H19NO3. The average Bonchev–Trinajstić information content (AvgIpc) is 2.81. The highest BCUT2D eigenvalue weighted by Crippen LogP contribution is 2.29. The molecular weight excluding hydrogens is 230 g/mol. The number of hydrogen-bond acceptors (Lipinski definition) is 3. The largest absolute Gasteiger partial charge is 0.508 e. The summed E-state index contributed by atoms with van der Waals surface area (Å²) in [6.07, 6.45) is 4.10. The molecule has 0 spiro atoms. The van der Waals surface area contributed by atoms with Gasteiger partial charge >= 0.3 is 0 Å². The number of phenolic OH excluding ortho intramolecular Hbond substituents is 1. The van der Waals surface area contributed by atoms with Crippen LogP contribution in [0.5, 0.6) is 5.75 Å². The van der Waals surface area contributed by atoms with Crippen molar-refractivity contribution >= 4 is 5.91 Å². The van der Waals surface area contributed by atoms with E-state index in [1.165, 1.54) is 0 Å². The first-order valence-electron chi connectivity index (χ1n) is 6.33.